The highest BCUT2D eigenvalue weighted by molar-refractivity contribution is 5.74. The van der Waals surface area contributed by atoms with Gasteiger partial charge in [-0.1, -0.05) is 0 Å². The number of anilines is 1. The number of nitrogens with one attached hydrogen (secondary N) is 1. The third kappa shape index (κ3) is 4.68. The molecule has 3 N–H and O–H groups in total. The van der Waals surface area contributed by atoms with Gasteiger partial charge in [0.05, 0.1) is 25.0 Å². The molecular formula is C11H19N5O3. The summed E-state index contributed by atoms with van der Waals surface area (Å²) in [5, 5.41) is 4.01. The number of carbonyl (C=O) groups excluding carboxylic acids is 1. The minimum atomic E-state index is -0.338. The lowest BCUT2D eigenvalue weighted by Crippen LogP contribution is -2.33. The molecule has 0 spiro atoms. The summed E-state index contributed by atoms with van der Waals surface area (Å²) in [4.78, 5) is 24.7. The number of carbonyl (C=O) groups is 1. The Morgan fingerprint density at radius 3 is 2.95 bits per heavy atom. The second-order valence-corrected chi connectivity index (χ2v) is 4.01. The average molecular weight is 269 g/mol. The molecule has 1 aromatic heterocycles. The van der Waals surface area contributed by atoms with E-state index in [-0.39, 0.29) is 24.4 Å². The summed E-state index contributed by atoms with van der Waals surface area (Å²) in [7, 11) is 3.47. The van der Waals surface area contributed by atoms with E-state index in [9.17, 15) is 9.59 Å². The molecule has 0 bridgehead atoms. The van der Waals surface area contributed by atoms with E-state index in [0.29, 0.717) is 18.8 Å². The summed E-state index contributed by atoms with van der Waals surface area (Å²) in [6, 6.07) is 1.48. The molecule has 0 aromatic carbocycles. The zero-order valence-electron chi connectivity index (χ0n) is 11.1. The van der Waals surface area contributed by atoms with Crippen LogP contribution in [0.15, 0.2) is 17.1 Å². The number of aromatic nitrogens is 2. The minimum Gasteiger partial charge on any atom is -0.383 e. The van der Waals surface area contributed by atoms with Gasteiger partial charge in [0.15, 0.2) is 0 Å². The van der Waals surface area contributed by atoms with Crippen molar-refractivity contribution in [2.24, 2.45) is 5.84 Å². The molecule has 8 heteroatoms. The molecule has 0 unspecified atom stereocenters. The summed E-state index contributed by atoms with van der Waals surface area (Å²) < 4.78 is 6.19. The second kappa shape index (κ2) is 7.49. The van der Waals surface area contributed by atoms with E-state index in [1.165, 1.54) is 10.7 Å². The number of rotatable bonds is 7. The van der Waals surface area contributed by atoms with Gasteiger partial charge in [-0.25, -0.2) is 10.5 Å². The van der Waals surface area contributed by atoms with Crippen molar-refractivity contribution in [3.8, 4) is 0 Å². The number of hydrazine groups is 1. The fourth-order valence-electron chi connectivity index (χ4n) is 1.44. The maximum Gasteiger partial charge on any atom is 0.268 e. The molecule has 8 nitrogen and oxygen atoms in total. The van der Waals surface area contributed by atoms with Crippen LogP contribution in [0.25, 0.3) is 0 Å². The summed E-state index contributed by atoms with van der Waals surface area (Å²) in [5.41, 5.74) is 2.46. The monoisotopic (exact) mass is 269 g/mol. The van der Waals surface area contributed by atoms with Crippen LogP contribution in [0.1, 0.15) is 6.42 Å². The maximum absolute atomic E-state index is 11.8. The number of methoxy groups -OCH3 is 1. The van der Waals surface area contributed by atoms with Gasteiger partial charge in [-0.2, -0.15) is 5.10 Å². The number of likely N-dealkylation sites (N-methyl/N-ethyl adjacent to an activating group) is 1. The quantitative estimate of drug-likeness (QED) is 0.362. The van der Waals surface area contributed by atoms with E-state index in [2.05, 4.69) is 5.10 Å². The predicted octanol–water partition coefficient (Wildman–Crippen LogP) is -1.29. The van der Waals surface area contributed by atoms with Crippen molar-refractivity contribution in [3.63, 3.8) is 0 Å². The van der Waals surface area contributed by atoms with Crippen molar-refractivity contribution < 1.29 is 9.53 Å². The summed E-state index contributed by atoms with van der Waals surface area (Å²) in [5.74, 6) is 4.62. The molecular weight excluding hydrogens is 250 g/mol. The van der Waals surface area contributed by atoms with Crippen LogP contribution in [0.3, 0.4) is 0 Å². The van der Waals surface area contributed by atoms with Gasteiger partial charge in [-0.05, 0) is 0 Å². The smallest absolute Gasteiger partial charge is 0.268 e. The topological polar surface area (TPSA) is 102 Å². The number of ether oxygens (including phenoxy) is 1. The Kier molecular flexibility index (Phi) is 5.97. The van der Waals surface area contributed by atoms with Crippen molar-refractivity contribution in [1.29, 1.82) is 0 Å². The van der Waals surface area contributed by atoms with Gasteiger partial charge in [0.2, 0.25) is 5.91 Å². The Hall–Kier alpha value is -1.93. The maximum atomic E-state index is 11.8. The zero-order chi connectivity index (χ0) is 14.3. The lowest BCUT2D eigenvalue weighted by atomic mass is 10.4. The van der Waals surface area contributed by atoms with Gasteiger partial charge in [0.1, 0.15) is 0 Å². The molecule has 0 atom stereocenters. The van der Waals surface area contributed by atoms with E-state index in [1.807, 2.05) is 17.4 Å². The molecule has 0 aliphatic carbocycles. The van der Waals surface area contributed by atoms with Crippen molar-refractivity contribution in [1.82, 2.24) is 15.2 Å². The Morgan fingerprint density at radius 1 is 1.63 bits per heavy atom. The number of aryl methyl sites for hydroxylation is 1. The van der Waals surface area contributed by atoms with Gasteiger partial charge in [-0.3, -0.25) is 15.0 Å². The molecule has 1 aromatic rings. The van der Waals surface area contributed by atoms with Crippen LogP contribution in [-0.2, 0) is 16.1 Å². The number of amides is 1. The molecule has 106 valence electrons. The zero-order valence-corrected chi connectivity index (χ0v) is 11.1. The first-order valence-corrected chi connectivity index (χ1v) is 5.85. The minimum absolute atomic E-state index is 0.113. The number of nitrogens with two attached hydrogens (primary N) is 1. The van der Waals surface area contributed by atoms with Gasteiger partial charge in [0.25, 0.3) is 5.56 Å². The number of nitrogens with zero attached hydrogens (tertiary/aromatic N) is 3. The molecule has 19 heavy (non-hydrogen) atoms. The van der Waals surface area contributed by atoms with E-state index < -0.39 is 0 Å². The first-order valence-electron chi connectivity index (χ1n) is 5.85. The van der Waals surface area contributed by atoms with Crippen molar-refractivity contribution in [2.45, 2.75) is 13.0 Å². The third-order valence-corrected chi connectivity index (χ3v) is 2.64. The van der Waals surface area contributed by atoms with E-state index in [4.69, 9.17) is 10.6 Å². The van der Waals surface area contributed by atoms with Crippen LogP contribution < -0.4 is 21.7 Å². The van der Waals surface area contributed by atoms with Crippen LogP contribution in [0, 0.1) is 0 Å². The SMILES string of the molecule is COCCN(C)c1cnn(CCC(=O)NN)c(=O)c1. The van der Waals surface area contributed by atoms with Crippen LogP contribution in [-0.4, -0.2) is 43.0 Å². The molecule has 0 saturated carbocycles. The molecule has 0 aliphatic rings. The van der Waals surface area contributed by atoms with Crippen LogP contribution in [0.2, 0.25) is 0 Å². The fourth-order valence-corrected chi connectivity index (χ4v) is 1.44. The Morgan fingerprint density at radius 2 is 2.37 bits per heavy atom. The van der Waals surface area contributed by atoms with Crippen molar-refractivity contribution in [3.05, 3.63) is 22.6 Å². The summed E-state index contributed by atoms with van der Waals surface area (Å²) in [6.45, 7) is 1.43. The highest BCUT2D eigenvalue weighted by atomic mass is 16.5. The lowest BCUT2D eigenvalue weighted by Gasteiger charge is -2.18. The van der Waals surface area contributed by atoms with Crippen LogP contribution in [0.4, 0.5) is 5.69 Å². The first kappa shape index (κ1) is 15.1. The van der Waals surface area contributed by atoms with E-state index in [1.54, 1.807) is 13.3 Å². The molecule has 0 aliphatic heterocycles. The van der Waals surface area contributed by atoms with E-state index >= 15 is 0 Å². The molecule has 0 saturated heterocycles. The molecule has 0 fully saturated rings. The van der Waals surface area contributed by atoms with Gasteiger partial charge in [-0.15, -0.1) is 0 Å². The number of hydrogen-bond donors (Lipinski definition) is 2. The largest absolute Gasteiger partial charge is 0.383 e. The third-order valence-electron chi connectivity index (χ3n) is 2.64. The first-order chi connectivity index (χ1) is 9.08. The van der Waals surface area contributed by atoms with Crippen molar-refractivity contribution in [2.75, 3.05) is 32.2 Å². The van der Waals surface area contributed by atoms with Gasteiger partial charge < -0.3 is 9.64 Å². The fraction of sp³-hybridized carbons (Fsp3) is 0.545. The van der Waals surface area contributed by atoms with Crippen LogP contribution in [0.5, 0.6) is 0 Å². The van der Waals surface area contributed by atoms with E-state index in [0.717, 1.165) is 0 Å². The highest BCUT2D eigenvalue weighted by Gasteiger charge is 2.06. The molecule has 1 rings (SSSR count). The molecule has 1 amide bonds. The molecule has 1 heterocycles. The standard InChI is InChI=1S/C11H19N5O3/c1-15(5-6-19-2)9-7-11(18)16(13-8-9)4-3-10(17)14-12/h7-8H,3-6,12H2,1-2H3,(H,14,17). The normalized spacial score (nSPS) is 10.3. The molecule has 0 radical (unpaired) electrons. The Labute approximate surface area is 111 Å². The van der Waals surface area contributed by atoms with Crippen molar-refractivity contribution >= 4 is 11.6 Å². The Balaban J connectivity index is 2.69. The highest BCUT2D eigenvalue weighted by Crippen LogP contribution is 2.06. The van der Waals surface area contributed by atoms with Gasteiger partial charge >= 0.3 is 0 Å². The van der Waals surface area contributed by atoms with Crippen LogP contribution >= 0.6 is 0 Å². The summed E-state index contributed by atoms with van der Waals surface area (Å²) in [6.07, 6.45) is 1.69. The Bertz CT molecular complexity index is 474. The number of hydrogen-bond acceptors (Lipinski definition) is 6. The van der Waals surface area contributed by atoms with Gasteiger partial charge in [0, 0.05) is 33.2 Å². The lowest BCUT2D eigenvalue weighted by molar-refractivity contribution is -0.121. The summed E-state index contributed by atoms with van der Waals surface area (Å²) >= 11 is 0. The predicted molar refractivity (Wildman–Crippen MR) is 70.6 cm³/mol. The second-order valence-electron chi connectivity index (χ2n) is 4.01. The average Bonchev–Trinajstić information content (AvgIpc) is 2.42.